The van der Waals surface area contributed by atoms with Gasteiger partial charge in [-0.15, -0.1) is 11.8 Å². The Morgan fingerprint density at radius 2 is 1.83 bits per heavy atom. The van der Waals surface area contributed by atoms with Crippen LogP contribution in [0, 0.1) is 0 Å². The number of hydrogen-bond donors (Lipinski definition) is 2. The highest BCUT2D eigenvalue weighted by Crippen LogP contribution is 2.31. The van der Waals surface area contributed by atoms with E-state index in [0.29, 0.717) is 30.5 Å². The van der Waals surface area contributed by atoms with Gasteiger partial charge in [-0.2, -0.15) is 12.7 Å². The molecule has 1 heterocycles. The molecule has 0 aromatic heterocycles. The van der Waals surface area contributed by atoms with Gasteiger partial charge < -0.3 is 19.5 Å². The van der Waals surface area contributed by atoms with Gasteiger partial charge >= 0.3 is 0 Å². The van der Waals surface area contributed by atoms with E-state index in [2.05, 4.69) is 5.32 Å². The van der Waals surface area contributed by atoms with E-state index in [1.54, 1.807) is 13.2 Å². The molecule has 0 aliphatic carbocycles. The number of sulfonamides is 1. The van der Waals surface area contributed by atoms with Crippen molar-refractivity contribution in [1.82, 2.24) is 4.31 Å². The molecule has 36 heavy (non-hydrogen) atoms. The maximum atomic E-state index is 13.5. The van der Waals surface area contributed by atoms with Gasteiger partial charge in [0.1, 0.15) is 0 Å². The summed E-state index contributed by atoms with van der Waals surface area (Å²) in [7, 11) is -6.80. The molecule has 0 unspecified atom stereocenters. The number of carbonyl (C=O) groups is 1. The fourth-order valence-corrected chi connectivity index (χ4v) is 6.60. The quantitative estimate of drug-likeness (QED) is 0.224. The first-order valence-electron chi connectivity index (χ1n) is 10.9. The Bertz CT molecular complexity index is 1260. The lowest BCUT2D eigenvalue weighted by atomic mass is 10.2. The van der Waals surface area contributed by atoms with Crippen molar-refractivity contribution < 1.29 is 40.4 Å². The largest absolute Gasteiger partial charge is 0.382 e. The highest BCUT2D eigenvalue weighted by Gasteiger charge is 2.29. The van der Waals surface area contributed by atoms with E-state index in [0.717, 1.165) is 6.07 Å². The van der Waals surface area contributed by atoms with Crippen LogP contribution in [0.2, 0.25) is 0 Å². The third kappa shape index (κ3) is 7.73. The predicted molar refractivity (Wildman–Crippen MR) is 134 cm³/mol. The van der Waals surface area contributed by atoms with Gasteiger partial charge in [0.15, 0.2) is 0 Å². The fourth-order valence-electron chi connectivity index (χ4n) is 3.29. The second-order valence-electron chi connectivity index (χ2n) is 7.59. The number of thioether (sulfide) groups is 1. The Kier molecular flexibility index (Phi) is 10.3. The molecule has 0 saturated carbocycles. The van der Waals surface area contributed by atoms with Gasteiger partial charge in [-0.05, 0) is 36.4 Å². The number of ether oxygens (including phenoxy) is 3. The number of anilines is 1. The molecule has 2 aromatic rings. The summed E-state index contributed by atoms with van der Waals surface area (Å²) in [6.45, 7) is 2.22. The van der Waals surface area contributed by atoms with Crippen LogP contribution in [0.25, 0.3) is 0 Å². The van der Waals surface area contributed by atoms with E-state index < -0.39 is 26.0 Å². The van der Waals surface area contributed by atoms with Crippen molar-refractivity contribution in [3.8, 4) is 0 Å². The Morgan fingerprint density at radius 3 is 2.53 bits per heavy atom. The Labute approximate surface area is 214 Å². The highest BCUT2D eigenvalue weighted by molar-refractivity contribution is 8.00. The molecule has 0 radical (unpaired) electrons. The van der Waals surface area contributed by atoms with Crippen molar-refractivity contribution in [3.05, 3.63) is 48.0 Å². The van der Waals surface area contributed by atoms with E-state index in [4.69, 9.17) is 14.2 Å². The monoisotopic (exact) mass is 560 g/mol. The third-order valence-corrected chi connectivity index (χ3v) is 9.06. The Hall–Kier alpha value is -2.04. The second-order valence-corrected chi connectivity index (χ2v) is 12.1. The molecule has 11 nitrogen and oxygen atoms in total. The lowest BCUT2D eigenvalue weighted by Gasteiger charge is -2.27. The van der Waals surface area contributed by atoms with Gasteiger partial charge in [0, 0.05) is 42.1 Å². The smallest absolute Gasteiger partial charge is 0.294 e. The van der Waals surface area contributed by atoms with Gasteiger partial charge in [0.05, 0.1) is 42.8 Å². The summed E-state index contributed by atoms with van der Waals surface area (Å²) in [4.78, 5) is 13.0. The second kappa shape index (κ2) is 13.0. The van der Waals surface area contributed by atoms with Crippen molar-refractivity contribution in [3.63, 3.8) is 0 Å². The zero-order chi connectivity index (χ0) is 26.2. The van der Waals surface area contributed by atoms with Crippen LogP contribution in [0.4, 0.5) is 5.69 Å². The molecular formula is C22H28N2O9S3. The number of carbonyl (C=O) groups excluding carboxylic acids is 1. The normalized spacial score (nSPS) is 15.1. The molecule has 198 valence electrons. The minimum absolute atomic E-state index is 0.00868. The minimum Gasteiger partial charge on any atom is -0.382 e. The molecular weight excluding hydrogens is 532 g/mol. The van der Waals surface area contributed by atoms with Crippen molar-refractivity contribution in [1.29, 1.82) is 0 Å². The van der Waals surface area contributed by atoms with Crippen LogP contribution in [0.15, 0.2) is 57.2 Å². The van der Waals surface area contributed by atoms with Crippen LogP contribution in [0.3, 0.4) is 0 Å². The number of amides is 1. The van der Waals surface area contributed by atoms with Crippen LogP contribution < -0.4 is 5.32 Å². The summed E-state index contributed by atoms with van der Waals surface area (Å²) >= 11 is 1.30. The molecule has 2 N–H and O–H groups in total. The summed E-state index contributed by atoms with van der Waals surface area (Å²) < 4.78 is 75.9. The summed E-state index contributed by atoms with van der Waals surface area (Å²) in [5.41, 5.74) is 0.194. The number of nitrogens with zero attached hydrogens (tertiary/aromatic N) is 1. The van der Waals surface area contributed by atoms with E-state index in [9.17, 15) is 26.2 Å². The topological polar surface area (TPSA) is 149 Å². The molecule has 3 rings (SSSR count). The zero-order valence-corrected chi connectivity index (χ0v) is 22.0. The number of benzene rings is 2. The lowest BCUT2D eigenvalue weighted by Crippen LogP contribution is -2.40. The number of morpholine rings is 1. The van der Waals surface area contributed by atoms with E-state index in [-0.39, 0.29) is 47.3 Å². The number of methoxy groups -OCH3 is 1. The first kappa shape index (κ1) is 28.5. The SMILES string of the molecule is COCCOCCSc1ccc(C(=O)Nc2cccc(S(=O)(=O)O)c2)cc1S(=O)(=O)N1CCOCC1. The first-order valence-corrected chi connectivity index (χ1v) is 14.8. The van der Waals surface area contributed by atoms with Gasteiger partial charge in [-0.1, -0.05) is 6.07 Å². The van der Waals surface area contributed by atoms with Crippen LogP contribution in [-0.4, -0.2) is 90.6 Å². The van der Waals surface area contributed by atoms with Gasteiger partial charge in [-0.3, -0.25) is 9.35 Å². The lowest BCUT2D eigenvalue weighted by molar-refractivity contribution is 0.0729. The van der Waals surface area contributed by atoms with Gasteiger partial charge in [0.2, 0.25) is 10.0 Å². The minimum atomic E-state index is -4.45. The summed E-state index contributed by atoms with van der Waals surface area (Å²) in [5, 5.41) is 2.54. The number of rotatable bonds is 12. The Balaban J connectivity index is 1.85. The Morgan fingerprint density at radius 1 is 1.08 bits per heavy atom. The van der Waals surface area contributed by atoms with Crippen molar-refractivity contribution in [2.45, 2.75) is 14.7 Å². The van der Waals surface area contributed by atoms with Crippen molar-refractivity contribution in [2.24, 2.45) is 0 Å². The van der Waals surface area contributed by atoms with Gasteiger partial charge in [-0.25, -0.2) is 8.42 Å². The molecule has 14 heteroatoms. The molecule has 1 saturated heterocycles. The first-order chi connectivity index (χ1) is 17.1. The molecule has 1 fully saturated rings. The molecule has 0 atom stereocenters. The summed E-state index contributed by atoms with van der Waals surface area (Å²) in [6.07, 6.45) is 0. The summed E-state index contributed by atoms with van der Waals surface area (Å²) in [6, 6.07) is 9.47. The van der Waals surface area contributed by atoms with E-state index in [1.807, 2.05) is 0 Å². The molecule has 1 aliphatic heterocycles. The highest BCUT2D eigenvalue weighted by atomic mass is 32.2. The van der Waals surface area contributed by atoms with Crippen molar-refractivity contribution in [2.75, 3.05) is 64.3 Å². The van der Waals surface area contributed by atoms with E-state index in [1.165, 1.54) is 46.4 Å². The fraction of sp³-hybridized carbons (Fsp3) is 0.409. The van der Waals surface area contributed by atoms with E-state index >= 15 is 0 Å². The molecule has 0 bridgehead atoms. The molecule has 1 aliphatic rings. The average Bonchev–Trinajstić information content (AvgIpc) is 2.86. The maximum Gasteiger partial charge on any atom is 0.294 e. The predicted octanol–water partition coefficient (Wildman–Crippen LogP) is 1.96. The zero-order valence-electron chi connectivity index (χ0n) is 19.6. The molecule has 1 amide bonds. The average molecular weight is 561 g/mol. The van der Waals surface area contributed by atoms with Crippen LogP contribution >= 0.6 is 11.8 Å². The standard InChI is InChI=1S/C22H28N2O9S3/c1-31-11-12-33-13-14-34-20-6-5-17(15-21(20)35(26,27)24-7-9-32-10-8-24)22(25)23-18-3-2-4-19(16-18)36(28,29)30/h2-6,15-16H,7-14H2,1H3,(H,23,25)(H,28,29,30). The van der Waals surface area contributed by atoms with Gasteiger partial charge in [0.25, 0.3) is 16.0 Å². The maximum absolute atomic E-state index is 13.5. The number of nitrogens with one attached hydrogen (secondary N) is 1. The summed E-state index contributed by atoms with van der Waals surface area (Å²) in [5.74, 6) is -0.149. The number of hydrogen-bond acceptors (Lipinski definition) is 9. The third-order valence-electron chi connectivity index (χ3n) is 5.10. The van der Waals surface area contributed by atoms with Crippen molar-refractivity contribution >= 4 is 43.5 Å². The van der Waals surface area contributed by atoms with Crippen LogP contribution in [0.1, 0.15) is 10.4 Å². The molecule has 2 aromatic carbocycles. The molecule has 0 spiro atoms. The van der Waals surface area contributed by atoms with Crippen LogP contribution in [0.5, 0.6) is 0 Å². The van der Waals surface area contributed by atoms with Crippen LogP contribution in [-0.2, 0) is 34.4 Å².